The molecule has 3 nitrogen and oxygen atoms in total. The number of nitrogens with one attached hydrogen (secondary N) is 1. The van der Waals surface area contributed by atoms with Gasteiger partial charge in [0.25, 0.3) is 0 Å². The molecule has 1 heterocycles. The number of hydrogen-bond donors (Lipinski definition) is 2. The van der Waals surface area contributed by atoms with Gasteiger partial charge >= 0.3 is 5.97 Å². The van der Waals surface area contributed by atoms with E-state index in [0.717, 1.165) is 22.5 Å². The summed E-state index contributed by atoms with van der Waals surface area (Å²) in [4.78, 5) is 13.4. The first-order chi connectivity index (χ1) is 6.77. The zero-order valence-corrected chi connectivity index (χ0v) is 10.4. The summed E-state index contributed by atoms with van der Waals surface area (Å²) in [5, 5.41) is 9.52. The fourth-order valence-electron chi connectivity index (χ4n) is 1.39. The number of aromatic nitrogens is 1. The summed E-state index contributed by atoms with van der Waals surface area (Å²) < 4.78 is 0. The van der Waals surface area contributed by atoms with Crippen LogP contribution in [-0.2, 0) is 4.79 Å². The Bertz CT molecular complexity index is 502. The third kappa shape index (κ3) is 2.72. The minimum Gasteiger partial charge on any atom is -0.478 e. The summed E-state index contributed by atoms with van der Waals surface area (Å²) in [6, 6.07) is 7.76. The van der Waals surface area contributed by atoms with E-state index in [1.807, 2.05) is 24.3 Å². The molecule has 71 valence electrons. The van der Waals surface area contributed by atoms with Crippen LogP contribution < -0.4 is 0 Å². The van der Waals surface area contributed by atoms with Crippen molar-refractivity contribution in [2.24, 2.45) is 0 Å². The van der Waals surface area contributed by atoms with Gasteiger partial charge in [0, 0.05) is 52.7 Å². The van der Waals surface area contributed by atoms with Crippen LogP contribution in [0.25, 0.3) is 17.0 Å². The number of rotatable bonds is 2. The third-order valence-electron chi connectivity index (χ3n) is 2.03. The number of carbonyl (C=O) groups is 1. The van der Waals surface area contributed by atoms with Gasteiger partial charge in [-0.25, -0.2) is 4.79 Å². The van der Waals surface area contributed by atoms with E-state index < -0.39 is 5.97 Å². The van der Waals surface area contributed by atoms with E-state index in [4.69, 9.17) is 5.11 Å². The van der Waals surface area contributed by atoms with Crippen molar-refractivity contribution in [2.75, 3.05) is 0 Å². The summed E-state index contributed by atoms with van der Waals surface area (Å²) in [6.07, 6.45) is 4.51. The van der Waals surface area contributed by atoms with Crippen molar-refractivity contribution < 1.29 is 9.90 Å². The Morgan fingerprint density at radius 2 is 2.07 bits per heavy atom. The van der Waals surface area contributed by atoms with E-state index in [2.05, 4.69) is 4.98 Å². The maximum Gasteiger partial charge on any atom is 0.328 e. The Morgan fingerprint density at radius 1 is 1.33 bits per heavy atom. The molecule has 1 radical (unpaired) electrons. The van der Waals surface area contributed by atoms with Gasteiger partial charge in [0.1, 0.15) is 0 Å². The number of fused-ring (bicyclic) bond motifs is 1. The van der Waals surface area contributed by atoms with Crippen LogP contribution in [0.1, 0.15) is 5.56 Å². The maximum absolute atomic E-state index is 10.3. The van der Waals surface area contributed by atoms with Crippen molar-refractivity contribution >= 4 is 52.5 Å². The zero-order chi connectivity index (χ0) is 9.97. The van der Waals surface area contributed by atoms with E-state index >= 15 is 0 Å². The molecule has 0 saturated carbocycles. The number of benzene rings is 1. The standard InChI is InChI=1S/C11H9NO2.Na/c13-11(14)6-5-8-7-12-10-4-2-1-3-9(8)10;/h1-7,12H,(H,13,14);. The smallest absolute Gasteiger partial charge is 0.328 e. The van der Waals surface area contributed by atoms with Crippen LogP contribution in [0.5, 0.6) is 0 Å². The molecule has 1 aromatic heterocycles. The van der Waals surface area contributed by atoms with Crippen molar-refractivity contribution in [2.45, 2.75) is 0 Å². The maximum atomic E-state index is 10.3. The minimum absolute atomic E-state index is 0. The van der Waals surface area contributed by atoms with Crippen molar-refractivity contribution in [3.63, 3.8) is 0 Å². The molecule has 0 bridgehead atoms. The summed E-state index contributed by atoms with van der Waals surface area (Å²) in [5.74, 6) is -0.935. The summed E-state index contributed by atoms with van der Waals surface area (Å²) in [7, 11) is 0. The molecule has 0 aliphatic rings. The molecule has 0 aliphatic heterocycles. The Morgan fingerprint density at radius 3 is 2.80 bits per heavy atom. The second kappa shape index (κ2) is 5.16. The van der Waals surface area contributed by atoms with Crippen molar-refractivity contribution in [3.8, 4) is 0 Å². The van der Waals surface area contributed by atoms with Gasteiger partial charge in [-0.1, -0.05) is 18.2 Å². The van der Waals surface area contributed by atoms with Gasteiger partial charge in [0.15, 0.2) is 0 Å². The molecule has 1 aromatic carbocycles. The molecule has 0 amide bonds. The minimum atomic E-state index is -0.935. The first-order valence-corrected chi connectivity index (χ1v) is 4.24. The SMILES string of the molecule is O=C(O)C=Cc1c[nH]c2ccccc12.[Na]. The second-order valence-electron chi connectivity index (χ2n) is 2.96. The zero-order valence-electron chi connectivity index (χ0n) is 8.40. The van der Waals surface area contributed by atoms with E-state index in [1.165, 1.54) is 0 Å². The van der Waals surface area contributed by atoms with Gasteiger partial charge in [0.05, 0.1) is 0 Å². The fourth-order valence-corrected chi connectivity index (χ4v) is 1.39. The fraction of sp³-hybridized carbons (Fsp3) is 0. The van der Waals surface area contributed by atoms with Crippen LogP contribution >= 0.6 is 0 Å². The molecule has 0 atom stereocenters. The second-order valence-corrected chi connectivity index (χ2v) is 2.96. The van der Waals surface area contributed by atoms with Crippen molar-refractivity contribution in [1.29, 1.82) is 0 Å². The van der Waals surface area contributed by atoms with E-state index in [9.17, 15) is 4.79 Å². The van der Waals surface area contributed by atoms with Crippen molar-refractivity contribution in [1.82, 2.24) is 4.98 Å². The number of para-hydroxylation sites is 1. The van der Waals surface area contributed by atoms with Gasteiger partial charge in [0.2, 0.25) is 0 Å². The predicted molar refractivity (Wildman–Crippen MR) is 60.7 cm³/mol. The Balaban J connectivity index is 0.00000112. The number of aliphatic carboxylic acids is 1. The number of hydrogen-bond acceptors (Lipinski definition) is 1. The van der Waals surface area contributed by atoms with Gasteiger partial charge < -0.3 is 10.1 Å². The third-order valence-corrected chi connectivity index (χ3v) is 2.03. The molecule has 4 heteroatoms. The van der Waals surface area contributed by atoms with Crippen LogP contribution in [0, 0.1) is 0 Å². The largest absolute Gasteiger partial charge is 0.478 e. The molecule has 15 heavy (non-hydrogen) atoms. The topological polar surface area (TPSA) is 53.1 Å². The number of H-pyrrole nitrogens is 1. The monoisotopic (exact) mass is 210 g/mol. The molecule has 0 saturated heterocycles. The number of carboxylic acid groups (broad SMARTS) is 1. The van der Waals surface area contributed by atoms with Gasteiger partial charge in [-0.15, -0.1) is 0 Å². The molecule has 0 fully saturated rings. The van der Waals surface area contributed by atoms with E-state index in [-0.39, 0.29) is 29.6 Å². The van der Waals surface area contributed by atoms with E-state index in [0.29, 0.717) is 0 Å². The van der Waals surface area contributed by atoms with Gasteiger partial charge in [-0.3, -0.25) is 0 Å². The molecule has 2 N–H and O–H groups in total. The van der Waals surface area contributed by atoms with Crippen LogP contribution in [0.3, 0.4) is 0 Å². The summed E-state index contributed by atoms with van der Waals surface area (Å²) >= 11 is 0. The normalized spacial score (nSPS) is 10.4. The predicted octanol–water partition coefficient (Wildman–Crippen LogP) is 1.88. The molecule has 0 aliphatic carbocycles. The molecular weight excluding hydrogens is 201 g/mol. The Hall–Kier alpha value is -1.03. The first-order valence-electron chi connectivity index (χ1n) is 4.24. The van der Waals surface area contributed by atoms with Crippen LogP contribution in [0.15, 0.2) is 36.5 Å². The Kier molecular flexibility index (Phi) is 4.15. The molecule has 2 aromatic rings. The molecule has 0 unspecified atom stereocenters. The Labute approximate surface area is 109 Å². The summed E-state index contributed by atoms with van der Waals surface area (Å²) in [6.45, 7) is 0. The van der Waals surface area contributed by atoms with Crippen LogP contribution in [-0.4, -0.2) is 45.6 Å². The average molecular weight is 210 g/mol. The number of aromatic amines is 1. The van der Waals surface area contributed by atoms with Crippen molar-refractivity contribution in [3.05, 3.63) is 42.1 Å². The van der Waals surface area contributed by atoms with Gasteiger partial charge in [-0.05, 0) is 17.7 Å². The summed E-state index contributed by atoms with van der Waals surface area (Å²) in [5.41, 5.74) is 1.90. The molecular formula is C11H9NNaO2. The van der Waals surface area contributed by atoms with Crippen LogP contribution in [0.2, 0.25) is 0 Å². The molecule has 2 rings (SSSR count). The average Bonchev–Trinajstić information content (AvgIpc) is 2.58. The van der Waals surface area contributed by atoms with Gasteiger partial charge in [-0.2, -0.15) is 0 Å². The van der Waals surface area contributed by atoms with E-state index in [1.54, 1.807) is 12.3 Å². The first kappa shape index (κ1) is 12.0. The molecule has 0 spiro atoms. The van der Waals surface area contributed by atoms with Crippen LogP contribution in [0.4, 0.5) is 0 Å². The number of carboxylic acids is 1. The quantitative estimate of drug-likeness (QED) is 0.587.